The second-order valence-corrected chi connectivity index (χ2v) is 8.02. The van der Waals surface area contributed by atoms with Crippen LogP contribution in [0.3, 0.4) is 0 Å². The van der Waals surface area contributed by atoms with Crippen molar-refractivity contribution in [1.29, 1.82) is 0 Å². The van der Waals surface area contributed by atoms with Gasteiger partial charge in [0.05, 0.1) is 13.2 Å². The van der Waals surface area contributed by atoms with Crippen molar-refractivity contribution in [3.8, 4) is 22.6 Å². The monoisotopic (exact) mass is 465 g/mol. The summed E-state index contributed by atoms with van der Waals surface area (Å²) < 4.78 is 40.3. The van der Waals surface area contributed by atoms with Crippen LogP contribution in [0.4, 0.5) is 8.78 Å². The maximum atomic E-state index is 14.4. The van der Waals surface area contributed by atoms with Gasteiger partial charge in [-0.2, -0.15) is 0 Å². The normalized spacial score (nSPS) is 13.9. The molecule has 0 unspecified atom stereocenters. The second kappa shape index (κ2) is 8.75. The van der Waals surface area contributed by atoms with Gasteiger partial charge in [0.1, 0.15) is 17.1 Å². The van der Waals surface area contributed by atoms with Crippen molar-refractivity contribution in [2.75, 3.05) is 26.3 Å². The van der Waals surface area contributed by atoms with E-state index in [-0.39, 0.29) is 23.0 Å². The van der Waals surface area contributed by atoms with Gasteiger partial charge in [0.2, 0.25) is 0 Å². The SMILES string of the molecule is Cn1cc(-c2cc(C(=O)N3CCOCC3)ccc2Oc2ccc(F)cc2F)c2cc[nH]c2c1=O. The third kappa shape index (κ3) is 3.94. The molecule has 1 N–H and O–H groups in total. The molecule has 34 heavy (non-hydrogen) atoms. The molecule has 1 aliphatic heterocycles. The Balaban J connectivity index is 1.66. The first kappa shape index (κ1) is 21.8. The fourth-order valence-electron chi connectivity index (χ4n) is 4.07. The fraction of sp³-hybridized carbons (Fsp3) is 0.200. The maximum Gasteiger partial charge on any atom is 0.274 e. The van der Waals surface area contributed by atoms with E-state index in [9.17, 15) is 18.4 Å². The van der Waals surface area contributed by atoms with Crippen LogP contribution in [0.1, 0.15) is 10.4 Å². The molecule has 0 atom stereocenters. The number of pyridine rings is 1. The molecule has 0 saturated carbocycles. The molecule has 0 bridgehead atoms. The number of morpholine rings is 1. The number of carbonyl (C=O) groups is 1. The number of benzene rings is 2. The van der Waals surface area contributed by atoms with Gasteiger partial charge in [-0.15, -0.1) is 0 Å². The molecule has 4 aromatic rings. The number of fused-ring (bicyclic) bond motifs is 1. The number of nitrogens with one attached hydrogen (secondary N) is 1. The molecule has 0 spiro atoms. The zero-order valence-electron chi connectivity index (χ0n) is 18.3. The van der Waals surface area contributed by atoms with Crippen LogP contribution in [-0.4, -0.2) is 46.7 Å². The lowest BCUT2D eigenvalue weighted by atomic mass is 9.99. The first-order valence-electron chi connectivity index (χ1n) is 10.7. The summed E-state index contributed by atoms with van der Waals surface area (Å²) in [4.78, 5) is 30.3. The number of hydrogen-bond donors (Lipinski definition) is 1. The molecular weight excluding hydrogens is 444 g/mol. The molecule has 1 aliphatic rings. The van der Waals surface area contributed by atoms with E-state index < -0.39 is 11.6 Å². The van der Waals surface area contributed by atoms with E-state index in [0.29, 0.717) is 53.9 Å². The average Bonchev–Trinajstić information content (AvgIpc) is 3.34. The summed E-state index contributed by atoms with van der Waals surface area (Å²) in [5.74, 6) is -1.65. The van der Waals surface area contributed by atoms with E-state index in [1.807, 2.05) is 0 Å². The van der Waals surface area contributed by atoms with Crippen LogP contribution >= 0.6 is 0 Å². The highest BCUT2D eigenvalue weighted by molar-refractivity contribution is 6.00. The molecule has 1 saturated heterocycles. The summed E-state index contributed by atoms with van der Waals surface area (Å²) in [6, 6.07) is 9.65. The van der Waals surface area contributed by atoms with Crippen molar-refractivity contribution in [2.24, 2.45) is 7.05 Å². The van der Waals surface area contributed by atoms with Gasteiger partial charge < -0.3 is 23.9 Å². The number of ether oxygens (including phenoxy) is 2. The summed E-state index contributed by atoms with van der Waals surface area (Å²) in [6.07, 6.45) is 3.29. The molecule has 1 fully saturated rings. The van der Waals surface area contributed by atoms with Gasteiger partial charge in [-0.1, -0.05) is 0 Å². The van der Waals surface area contributed by atoms with Gasteiger partial charge in [0.25, 0.3) is 11.5 Å². The van der Waals surface area contributed by atoms with Crippen molar-refractivity contribution >= 4 is 16.8 Å². The number of amides is 1. The number of halogens is 2. The molecule has 174 valence electrons. The number of aromatic amines is 1. The molecular formula is C25H21F2N3O4. The number of rotatable bonds is 4. The standard InChI is InChI=1S/C25H21F2N3O4/c1-29-14-19(17-6-7-28-23(17)25(29)32)18-12-15(24(31)30-8-10-33-11-9-30)2-4-21(18)34-22-5-3-16(26)13-20(22)27/h2-7,12-14,28H,8-11H2,1H3. The van der Waals surface area contributed by atoms with Gasteiger partial charge in [-0.05, 0) is 36.4 Å². The summed E-state index contributed by atoms with van der Waals surface area (Å²) in [7, 11) is 1.62. The Morgan fingerprint density at radius 3 is 2.56 bits per heavy atom. The topological polar surface area (TPSA) is 76.6 Å². The van der Waals surface area contributed by atoms with Crippen molar-refractivity contribution < 1.29 is 23.0 Å². The smallest absolute Gasteiger partial charge is 0.274 e. The van der Waals surface area contributed by atoms with Crippen LogP contribution in [0.5, 0.6) is 11.5 Å². The number of carbonyl (C=O) groups excluding carboxylic acids is 1. The van der Waals surface area contributed by atoms with Crippen LogP contribution in [0.25, 0.3) is 22.0 Å². The molecule has 7 nitrogen and oxygen atoms in total. The van der Waals surface area contributed by atoms with Crippen LogP contribution in [-0.2, 0) is 11.8 Å². The minimum atomic E-state index is -0.855. The predicted molar refractivity (Wildman–Crippen MR) is 122 cm³/mol. The predicted octanol–water partition coefficient (Wildman–Crippen LogP) is 4.08. The number of aryl methyl sites for hydroxylation is 1. The first-order valence-corrected chi connectivity index (χ1v) is 10.7. The Morgan fingerprint density at radius 1 is 1.03 bits per heavy atom. The zero-order chi connectivity index (χ0) is 23.8. The Labute approximate surface area is 193 Å². The Morgan fingerprint density at radius 2 is 1.79 bits per heavy atom. The summed E-state index contributed by atoms with van der Waals surface area (Å²) >= 11 is 0. The van der Waals surface area contributed by atoms with Gasteiger partial charge in [0, 0.05) is 60.7 Å². The molecule has 2 aromatic carbocycles. The van der Waals surface area contributed by atoms with E-state index in [2.05, 4.69) is 4.98 Å². The molecule has 0 aliphatic carbocycles. The van der Waals surface area contributed by atoms with E-state index in [1.165, 1.54) is 10.6 Å². The third-order valence-corrected chi connectivity index (χ3v) is 5.82. The van der Waals surface area contributed by atoms with Crippen molar-refractivity contribution in [1.82, 2.24) is 14.5 Å². The fourth-order valence-corrected chi connectivity index (χ4v) is 4.07. The Kier molecular flexibility index (Phi) is 5.62. The molecule has 1 amide bonds. The number of aromatic nitrogens is 2. The van der Waals surface area contributed by atoms with E-state index in [1.54, 1.807) is 48.6 Å². The minimum Gasteiger partial charge on any atom is -0.454 e. The highest BCUT2D eigenvalue weighted by Crippen LogP contribution is 2.38. The first-order chi connectivity index (χ1) is 16.4. The number of nitrogens with zero attached hydrogens (tertiary/aromatic N) is 2. The van der Waals surface area contributed by atoms with Crippen LogP contribution < -0.4 is 10.3 Å². The minimum absolute atomic E-state index is 0.162. The quantitative estimate of drug-likeness (QED) is 0.493. The lowest BCUT2D eigenvalue weighted by molar-refractivity contribution is 0.0303. The van der Waals surface area contributed by atoms with Gasteiger partial charge in [-0.25, -0.2) is 8.78 Å². The average molecular weight is 465 g/mol. The van der Waals surface area contributed by atoms with Crippen molar-refractivity contribution in [2.45, 2.75) is 0 Å². The molecule has 2 aromatic heterocycles. The lowest BCUT2D eigenvalue weighted by Crippen LogP contribution is -2.40. The second-order valence-electron chi connectivity index (χ2n) is 8.02. The number of H-pyrrole nitrogens is 1. The zero-order valence-corrected chi connectivity index (χ0v) is 18.3. The lowest BCUT2D eigenvalue weighted by Gasteiger charge is -2.27. The highest BCUT2D eigenvalue weighted by Gasteiger charge is 2.22. The largest absolute Gasteiger partial charge is 0.454 e. The third-order valence-electron chi connectivity index (χ3n) is 5.82. The molecule has 5 rings (SSSR count). The molecule has 9 heteroatoms. The van der Waals surface area contributed by atoms with Gasteiger partial charge in [-0.3, -0.25) is 9.59 Å². The van der Waals surface area contributed by atoms with E-state index in [0.717, 1.165) is 12.1 Å². The summed E-state index contributed by atoms with van der Waals surface area (Å²) in [5.41, 5.74) is 1.71. The number of hydrogen-bond acceptors (Lipinski definition) is 4. The van der Waals surface area contributed by atoms with Crippen LogP contribution in [0, 0.1) is 11.6 Å². The van der Waals surface area contributed by atoms with Crippen LogP contribution in [0.15, 0.2) is 59.7 Å². The highest BCUT2D eigenvalue weighted by atomic mass is 19.1. The van der Waals surface area contributed by atoms with Gasteiger partial charge >= 0.3 is 0 Å². The van der Waals surface area contributed by atoms with Crippen LogP contribution in [0.2, 0.25) is 0 Å². The Hall–Kier alpha value is -3.98. The maximum absolute atomic E-state index is 14.4. The summed E-state index contributed by atoms with van der Waals surface area (Å²) in [6.45, 7) is 1.90. The van der Waals surface area contributed by atoms with Crippen molar-refractivity contribution in [3.05, 3.63) is 82.4 Å². The molecule has 0 radical (unpaired) electrons. The van der Waals surface area contributed by atoms with Gasteiger partial charge in [0.15, 0.2) is 11.6 Å². The van der Waals surface area contributed by atoms with E-state index in [4.69, 9.17) is 9.47 Å². The molecule has 3 heterocycles. The van der Waals surface area contributed by atoms with Crippen molar-refractivity contribution in [3.63, 3.8) is 0 Å². The van der Waals surface area contributed by atoms with E-state index >= 15 is 0 Å². The Bertz CT molecular complexity index is 1450. The summed E-state index contributed by atoms with van der Waals surface area (Å²) in [5, 5.41) is 0.628.